The first-order valence-electron chi connectivity index (χ1n) is 3.67. The first-order valence-corrected chi connectivity index (χ1v) is 3.67. The van der Waals surface area contributed by atoms with Crippen molar-refractivity contribution >= 4 is 17.9 Å². The molecule has 0 aromatic rings. The van der Waals surface area contributed by atoms with Crippen LogP contribution >= 0.6 is 0 Å². The summed E-state index contributed by atoms with van der Waals surface area (Å²) < 4.78 is 0. The molecule has 6 heteroatoms. The Morgan fingerprint density at radius 1 is 1.14 bits per heavy atom. The Bertz CT molecular complexity index is 249. The van der Waals surface area contributed by atoms with E-state index in [4.69, 9.17) is 20.1 Å². The van der Waals surface area contributed by atoms with Gasteiger partial charge in [0.05, 0.1) is 0 Å². The maximum atomic E-state index is 10.1. The number of aliphatic carboxylic acids is 3. The van der Waals surface area contributed by atoms with Crippen LogP contribution < -0.4 is 0 Å². The van der Waals surface area contributed by atoms with Gasteiger partial charge in [-0.3, -0.25) is 4.79 Å². The zero-order valence-electron chi connectivity index (χ0n) is 7.85. The van der Waals surface area contributed by atoms with Gasteiger partial charge in [0, 0.05) is 18.6 Å². The maximum Gasteiger partial charge on any atom is 0.331 e. The fourth-order valence-electron chi connectivity index (χ4n) is 0.464. The fraction of sp³-hybridized carbons (Fsp3) is 0.375. The highest BCUT2D eigenvalue weighted by atomic mass is 16.4. The van der Waals surface area contributed by atoms with Crippen LogP contribution in [0.2, 0.25) is 0 Å². The van der Waals surface area contributed by atoms with Crippen LogP contribution in [0.1, 0.15) is 20.3 Å². The van der Waals surface area contributed by atoms with Crippen LogP contribution in [0.5, 0.6) is 0 Å². The third-order valence-corrected chi connectivity index (χ3v) is 0.953. The molecular weight excluding hydrogens is 192 g/mol. The molecule has 0 aromatic heterocycles. The smallest absolute Gasteiger partial charge is 0.331 e. The SMILES string of the molecule is CC(=O)O.CC/C(=C/C(=O)O)C(=O)O. The lowest BCUT2D eigenvalue weighted by molar-refractivity contribution is -0.135. The van der Waals surface area contributed by atoms with Crippen molar-refractivity contribution in [1.82, 2.24) is 0 Å². The lowest BCUT2D eigenvalue weighted by Gasteiger charge is -1.92. The highest BCUT2D eigenvalue weighted by Crippen LogP contribution is 1.98. The summed E-state index contributed by atoms with van der Waals surface area (Å²) in [6.07, 6.45) is 0.921. The van der Waals surface area contributed by atoms with Gasteiger partial charge >= 0.3 is 11.9 Å². The Kier molecular flexibility index (Phi) is 8.15. The van der Waals surface area contributed by atoms with Crippen LogP contribution in [-0.4, -0.2) is 33.2 Å². The predicted molar refractivity (Wildman–Crippen MR) is 47.0 cm³/mol. The third kappa shape index (κ3) is 12.8. The molecule has 0 saturated carbocycles. The standard InChI is InChI=1S/C6H8O4.C2H4O2/c1-2-4(6(9)10)3-5(7)8;1-2(3)4/h3H,2H2,1H3,(H,7,8)(H,9,10);1H3,(H,3,4)/b4-3-;. The summed E-state index contributed by atoms with van der Waals surface area (Å²) in [5.41, 5.74) is -0.0903. The van der Waals surface area contributed by atoms with E-state index in [1.165, 1.54) is 0 Å². The summed E-state index contributed by atoms with van der Waals surface area (Å²) in [6.45, 7) is 2.67. The molecule has 0 aliphatic heterocycles. The van der Waals surface area contributed by atoms with Crippen molar-refractivity contribution in [3.8, 4) is 0 Å². The van der Waals surface area contributed by atoms with E-state index in [9.17, 15) is 9.59 Å². The van der Waals surface area contributed by atoms with Crippen LogP contribution in [0.4, 0.5) is 0 Å². The third-order valence-electron chi connectivity index (χ3n) is 0.953. The van der Waals surface area contributed by atoms with Gasteiger partial charge in [0.15, 0.2) is 0 Å². The van der Waals surface area contributed by atoms with Crippen LogP contribution in [0.3, 0.4) is 0 Å². The minimum absolute atomic E-state index is 0.0903. The van der Waals surface area contributed by atoms with E-state index in [1.54, 1.807) is 6.92 Å². The molecule has 0 unspecified atom stereocenters. The van der Waals surface area contributed by atoms with E-state index >= 15 is 0 Å². The summed E-state index contributed by atoms with van der Waals surface area (Å²) in [4.78, 5) is 29.1. The van der Waals surface area contributed by atoms with Gasteiger partial charge in [-0.15, -0.1) is 0 Å². The lowest BCUT2D eigenvalue weighted by atomic mass is 10.2. The monoisotopic (exact) mass is 204 g/mol. The molecule has 0 bridgehead atoms. The molecular formula is C8H12O6. The van der Waals surface area contributed by atoms with Crippen molar-refractivity contribution in [2.45, 2.75) is 20.3 Å². The van der Waals surface area contributed by atoms with Crippen LogP contribution in [0.15, 0.2) is 11.6 Å². The van der Waals surface area contributed by atoms with Crippen molar-refractivity contribution in [3.63, 3.8) is 0 Å². The molecule has 0 heterocycles. The lowest BCUT2D eigenvalue weighted by Crippen LogP contribution is -2.02. The zero-order chi connectivity index (χ0) is 11.7. The Morgan fingerprint density at radius 3 is 1.57 bits per heavy atom. The van der Waals surface area contributed by atoms with Gasteiger partial charge in [-0.25, -0.2) is 9.59 Å². The molecule has 0 amide bonds. The summed E-state index contributed by atoms with van der Waals surface area (Å²) in [7, 11) is 0. The molecule has 6 nitrogen and oxygen atoms in total. The first-order chi connectivity index (χ1) is 6.31. The largest absolute Gasteiger partial charge is 0.481 e. The highest BCUT2D eigenvalue weighted by molar-refractivity contribution is 5.94. The second kappa shape index (κ2) is 7.78. The van der Waals surface area contributed by atoms with Gasteiger partial charge in [0.2, 0.25) is 0 Å². The van der Waals surface area contributed by atoms with Gasteiger partial charge in [-0.05, 0) is 6.42 Å². The topological polar surface area (TPSA) is 112 Å². The highest BCUT2D eigenvalue weighted by Gasteiger charge is 2.05. The Morgan fingerprint density at radius 2 is 1.50 bits per heavy atom. The van der Waals surface area contributed by atoms with Gasteiger partial charge in [0.1, 0.15) is 0 Å². The van der Waals surface area contributed by atoms with E-state index in [-0.39, 0.29) is 12.0 Å². The maximum absolute atomic E-state index is 10.1. The average molecular weight is 204 g/mol. The van der Waals surface area contributed by atoms with Gasteiger partial charge < -0.3 is 15.3 Å². The molecule has 14 heavy (non-hydrogen) atoms. The Hall–Kier alpha value is -1.85. The van der Waals surface area contributed by atoms with E-state index in [0.717, 1.165) is 6.92 Å². The molecule has 0 rings (SSSR count). The minimum Gasteiger partial charge on any atom is -0.481 e. The van der Waals surface area contributed by atoms with Crippen molar-refractivity contribution in [2.24, 2.45) is 0 Å². The van der Waals surface area contributed by atoms with Crippen molar-refractivity contribution in [1.29, 1.82) is 0 Å². The van der Waals surface area contributed by atoms with E-state index < -0.39 is 17.9 Å². The van der Waals surface area contributed by atoms with Gasteiger partial charge in [-0.2, -0.15) is 0 Å². The molecule has 0 aromatic carbocycles. The second-order valence-electron chi connectivity index (χ2n) is 2.19. The number of carboxylic acids is 3. The molecule has 0 fully saturated rings. The molecule has 3 N–H and O–H groups in total. The van der Waals surface area contributed by atoms with E-state index in [2.05, 4.69) is 0 Å². The zero-order valence-corrected chi connectivity index (χ0v) is 7.85. The Balaban J connectivity index is 0. The molecule has 80 valence electrons. The van der Waals surface area contributed by atoms with Gasteiger partial charge in [-0.1, -0.05) is 6.92 Å². The molecule has 0 aliphatic carbocycles. The van der Waals surface area contributed by atoms with Crippen LogP contribution in [0, 0.1) is 0 Å². The fourth-order valence-corrected chi connectivity index (χ4v) is 0.464. The number of hydrogen-bond acceptors (Lipinski definition) is 3. The molecule has 0 atom stereocenters. The van der Waals surface area contributed by atoms with E-state index in [0.29, 0.717) is 6.08 Å². The van der Waals surface area contributed by atoms with Crippen molar-refractivity contribution in [2.75, 3.05) is 0 Å². The predicted octanol–water partition coefficient (Wildman–Crippen LogP) is 0.583. The summed E-state index contributed by atoms with van der Waals surface area (Å²) in [6, 6.07) is 0. The van der Waals surface area contributed by atoms with E-state index in [1.807, 2.05) is 0 Å². The van der Waals surface area contributed by atoms with Crippen LogP contribution in [0.25, 0.3) is 0 Å². The normalized spacial score (nSPS) is 9.71. The second-order valence-corrected chi connectivity index (χ2v) is 2.19. The van der Waals surface area contributed by atoms with Crippen molar-refractivity contribution in [3.05, 3.63) is 11.6 Å². The molecule has 0 spiro atoms. The summed E-state index contributed by atoms with van der Waals surface area (Å²) >= 11 is 0. The minimum atomic E-state index is -1.22. The number of carbonyl (C=O) groups is 3. The molecule has 0 aliphatic rings. The van der Waals surface area contributed by atoms with Crippen LogP contribution in [-0.2, 0) is 14.4 Å². The molecule has 0 saturated heterocycles. The summed E-state index contributed by atoms with van der Waals surface area (Å²) in [5.74, 6) is -3.23. The van der Waals surface area contributed by atoms with Gasteiger partial charge in [0.25, 0.3) is 5.97 Å². The van der Waals surface area contributed by atoms with Crippen molar-refractivity contribution < 1.29 is 29.7 Å². The number of hydrogen-bond donors (Lipinski definition) is 3. The number of carboxylic acid groups (broad SMARTS) is 3. The number of rotatable bonds is 3. The molecule has 0 radical (unpaired) electrons. The Labute approximate surface area is 80.5 Å². The first kappa shape index (κ1) is 14.7. The summed E-state index contributed by atoms with van der Waals surface area (Å²) in [5, 5.41) is 23.8. The average Bonchev–Trinajstić information content (AvgIpc) is 1.98. The quantitative estimate of drug-likeness (QED) is 0.580.